The van der Waals surface area contributed by atoms with E-state index in [-0.39, 0.29) is 0 Å². The van der Waals surface area contributed by atoms with E-state index in [2.05, 4.69) is 9.97 Å². The van der Waals surface area contributed by atoms with Gasteiger partial charge in [-0.1, -0.05) is 0 Å². The molecule has 0 aliphatic heterocycles. The maximum absolute atomic E-state index is 5.87. The number of hydrogen-bond donors (Lipinski definition) is 1. The van der Waals surface area contributed by atoms with Gasteiger partial charge in [-0.05, 0) is 26.7 Å². The van der Waals surface area contributed by atoms with Gasteiger partial charge < -0.3 is 5.73 Å². The summed E-state index contributed by atoms with van der Waals surface area (Å²) in [5.74, 6) is 1.45. The molecule has 1 aromatic heterocycles. The van der Waals surface area contributed by atoms with E-state index >= 15 is 0 Å². The Balaban J connectivity index is 2.51. The third-order valence-electron chi connectivity index (χ3n) is 2.24. The Bertz CT molecular complexity index is 316. The molecule has 1 aromatic rings. The van der Waals surface area contributed by atoms with E-state index in [4.69, 9.17) is 5.73 Å². The smallest absolute Gasteiger partial charge is 0.125 e. The number of aromatic nitrogens is 2. The highest BCUT2D eigenvalue weighted by Gasteiger charge is 2.28. The molecule has 64 valence electrons. The lowest BCUT2D eigenvalue weighted by Gasteiger charge is -2.06. The van der Waals surface area contributed by atoms with Crippen LogP contribution in [0.25, 0.3) is 0 Å². The Hall–Kier alpha value is -1.12. The van der Waals surface area contributed by atoms with Gasteiger partial charge in [0.15, 0.2) is 0 Å². The van der Waals surface area contributed by atoms with Gasteiger partial charge in [0.2, 0.25) is 0 Å². The molecule has 1 aliphatic carbocycles. The topological polar surface area (TPSA) is 51.8 Å². The van der Waals surface area contributed by atoms with E-state index in [1.165, 1.54) is 12.8 Å². The van der Waals surface area contributed by atoms with E-state index in [0.29, 0.717) is 5.92 Å². The standard InChI is InChI=1S/C9H13N3/c1-5-8(10)9(7-3-4-7)12-6(2)11-5/h7H,3-4,10H2,1-2H3. The van der Waals surface area contributed by atoms with Crippen molar-refractivity contribution >= 4 is 5.69 Å². The molecule has 1 heterocycles. The molecule has 2 N–H and O–H groups in total. The molecule has 1 saturated carbocycles. The second kappa shape index (κ2) is 2.44. The maximum atomic E-state index is 5.87. The van der Waals surface area contributed by atoms with Crippen molar-refractivity contribution in [1.29, 1.82) is 0 Å². The molecule has 0 saturated heterocycles. The maximum Gasteiger partial charge on any atom is 0.125 e. The summed E-state index contributed by atoms with van der Waals surface area (Å²) in [4.78, 5) is 8.57. The monoisotopic (exact) mass is 163 g/mol. The minimum atomic E-state index is 0.616. The number of nitrogens with two attached hydrogens (primary N) is 1. The van der Waals surface area contributed by atoms with Crippen molar-refractivity contribution in [2.75, 3.05) is 5.73 Å². The van der Waals surface area contributed by atoms with Crippen LogP contribution in [0.3, 0.4) is 0 Å². The van der Waals surface area contributed by atoms with Crippen LogP contribution < -0.4 is 5.73 Å². The van der Waals surface area contributed by atoms with Crippen molar-refractivity contribution in [1.82, 2.24) is 9.97 Å². The summed E-state index contributed by atoms with van der Waals surface area (Å²) >= 11 is 0. The zero-order valence-corrected chi connectivity index (χ0v) is 7.46. The Morgan fingerprint density at radius 3 is 2.50 bits per heavy atom. The number of rotatable bonds is 1. The lowest BCUT2D eigenvalue weighted by Crippen LogP contribution is -2.04. The van der Waals surface area contributed by atoms with Gasteiger partial charge in [0, 0.05) is 5.92 Å². The molecule has 3 nitrogen and oxygen atoms in total. The molecule has 2 rings (SSSR count). The van der Waals surface area contributed by atoms with Gasteiger partial charge in [-0.3, -0.25) is 0 Å². The highest BCUT2D eigenvalue weighted by Crippen LogP contribution is 2.41. The first-order valence-corrected chi connectivity index (χ1v) is 4.29. The Kier molecular flexibility index (Phi) is 1.53. The summed E-state index contributed by atoms with van der Waals surface area (Å²) in [6.07, 6.45) is 2.47. The fourth-order valence-corrected chi connectivity index (χ4v) is 1.42. The molecule has 0 amide bonds. The first-order chi connectivity index (χ1) is 5.68. The third kappa shape index (κ3) is 1.15. The molecule has 0 bridgehead atoms. The molecule has 1 aliphatic rings. The molecular formula is C9H13N3. The van der Waals surface area contributed by atoms with Crippen LogP contribution in [0.15, 0.2) is 0 Å². The molecule has 12 heavy (non-hydrogen) atoms. The number of hydrogen-bond acceptors (Lipinski definition) is 3. The van der Waals surface area contributed by atoms with E-state index in [1.807, 2.05) is 13.8 Å². The van der Waals surface area contributed by atoms with Gasteiger partial charge in [-0.15, -0.1) is 0 Å². The molecule has 0 radical (unpaired) electrons. The van der Waals surface area contributed by atoms with E-state index in [0.717, 1.165) is 22.9 Å². The Morgan fingerprint density at radius 1 is 1.25 bits per heavy atom. The van der Waals surface area contributed by atoms with Gasteiger partial charge in [0.1, 0.15) is 5.82 Å². The first-order valence-electron chi connectivity index (χ1n) is 4.29. The van der Waals surface area contributed by atoms with Crippen LogP contribution in [0, 0.1) is 13.8 Å². The summed E-state index contributed by atoms with van der Waals surface area (Å²) in [5.41, 5.74) is 8.65. The second-order valence-corrected chi connectivity index (χ2v) is 3.43. The second-order valence-electron chi connectivity index (χ2n) is 3.43. The van der Waals surface area contributed by atoms with Gasteiger partial charge in [-0.2, -0.15) is 0 Å². The number of nitrogens with zero attached hydrogens (tertiary/aromatic N) is 2. The van der Waals surface area contributed by atoms with E-state index in [9.17, 15) is 0 Å². The Labute approximate surface area is 72.0 Å². The minimum absolute atomic E-state index is 0.616. The van der Waals surface area contributed by atoms with E-state index in [1.54, 1.807) is 0 Å². The van der Waals surface area contributed by atoms with Gasteiger partial charge in [0.25, 0.3) is 0 Å². The van der Waals surface area contributed by atoms with Gasteiger partial charge in [-0.25, -0.2) is 9.97 Å². The molecule has 3 heteroatoms. The van der Waals surface area contributed by atoms with Crippen LogP contribution in [0.4, 0.5) is 5.69 Å². The fourth-order valence-electron chi connectivity index (χ4n) is 1.42. The lowest BCUT2D eigenvalue weighted by atomic mass is 10.2. The molecule has 0 atom stereocenters. The molecular weight excluding hydrogens is 150 g/mol. The quantitative estimate of drug-likeness (QED) is 0.683. The van der Waals surface area contributed by atoms with E-state index < -0.39 is 0 Å². The van der Waals surface area contributed by atoms with Crippen LogP contribution in [-0.4, -0.2) is 9.97 Å². The van der Waals surface area contributed by atoms with Crippen LogP contribution in [-0.2, 0) is 0 Å². The van der Waals surface area contributed by atoms with Crippen LogP contribution in [0.1, 0.15) is 36.0 Å². The molecule has 0 unspecified atom stereocenters. The van der Waals surface area contributed by atoms with Crippen LogP contribution >= 0.6 is 0 Å². The highest BCUT2D eigenvalue weighted by atomic mass is 14.9. The van der Waals surface area contributed by atoms with Crippen molar-refractivity contribution < 1.29 is 0 Å². The highest BCUT2D eigenvalue weighted by molar-refractivity contribution is 5.49. The number of nitrogen functional groups attached to an aromatic ring is 1. The Morgan fingerprint density at radius 2 is 1.92 bits per heavy atom. The van der Waals surface area contributed by atoms with Crippen molar-refractivity contribution in [2.45, 2.75) is 32.6 Å². The van der Waals surface area contributed by atoms with Crippen LogP contribution in [0.2, 0.25) is 0 Å². The molecule has 0 spiro atoms. The minimum Gasteiger partial charge on any atom is -0.396 e. The summed E-state index contributed by atoms with van der Waals surface area (Å²) in [6, 6.07) is 0. The zero-order chi connectivity index (χ0) is 8.72. The number of aryl methyl sites for hydroxylation is 2. The molecule has 0 aromatic carbocycles. The zero-order valence-electron chi connectivity index (χ0n) is 7.46. The van der Waals surface area contributed by atoms with Crippen molar-refractivity contribution in [3.63, 3.8) is 0 Å². The summed E-state index contributed by atoms with van der Waals surface area (Å²) < 4.78 is 0. The summed E-state index contributed by atoms with van der Waals surface area (Å²) in [7, 11) is 0. The summed E-state index contributed by atoms with van der Waals surface area (Å²) in [5, 5.41) is 0. The van der Waals surface area contributed by atoms with Gasteiger partial charge >= 0.3 is 0 Å². The van der Waals surface area contributed by atoms with Crippen LogP contribution in [0.5, 0.6) is 0 Å². The predicted octanol–water partition coefficient (Wildman–Crippen LogP) is 1.55. The fraction of sp³-hybridized carbons (Fsp3) is 0.556. The summed E-state index contributed by atoms with van der Waals surface area (Å²) in [6.45, 7) is 3.86. The number of anilines is 1. The van der Waals surface area contributed by atoms with Crippen molar-refractivity contribution in [2.24, 2.45) is 0 Å². The predicted molar refractivity (Wildman–Crippen MR) is 47.9 cm³/mol. The van der Waals surface area contributed by atoms with Crippen molar-refractivity contribution in [3.05, 3.63) is 17.2 Å². The largest absolute Gasteiger partial charge is 0.396 e. The average molecular weight is 163 g/mol. The lowest BCUT2D eigenvalue weighted by molar-refractivity contribution is 0.926. The third-order valence-corrected chi connectivity index (χ3v) is 2.24. The van der Waals surface area contributed by atoms with Gasteiger partial charge in [0.05, 0.1) is 17.1 Å². The normalized spacial score (nSPS) is 16.5. The first kappa shape index (κ1) is 7.53. The average Bonchev–Trinajstić information content (AvgIpc) is 2.79. The molecule has 1 fully saturated rings. The SMILES string of the molecule is Cc1nc(C)c(N)c(C2CC2)n1. The van der Waals surface area contributed by atoms with Crippen molar-refractivity contribution in [3.8, 4) is 0 Å².